The van der Waals surface area contributed by atoms with Crippen LogP contribution in [-0.4, -0.2) is 37.6 Å². The fourth-order valence-electron chi connectivity index (χ4n) is 2.62. The molecule has 1 aliphatic heterocycles. The fourth-order valence-corrected chi connectivity index (χ4v) is 4.68. The molecule has 112 valence electrons. The van der Waals surface area contributed by atoms with Crippen LogP contribution >= 0.6 is 22.0 Å². The van der Waals surface area contributed by atoms with Gasteiger partial charge in [-0.2, -0.15) is 0 Å². The molecule has 1 aromatic carbocycles. The van der Waals surface area contributed by atoms with Crippen molar-refractivity contribution in [1.82, 2.24) is 4.90 Å². The maximum Gasteiger partial charge on any atom is 0.237 e. The second kappa shape index (κ2) is 5.59. The van der Waals surface area contributed by atoms with E-state index in [1.807, 2.05) is 12.1 Å². The molecule has 7 heteroatoms. The van der Waals surface area contributed by atoms with Gasteiger partial charge in [-0.15, -0.1) is 11.3 Å². The van der Waals surface area contributed by atoms with Gasteiger partial charge in [-0.1, -0.05) is 18.2 Å². The van der Waals surface area contributed by atoms with E-state index in [0.717, 1.165) is 6.42 Å². The molecule has 1 amide bonds. The molecule has 4 nitrogen and oxygen atoms in total. The van der Waals surface area contributed by atoms with E-state index < -0.39 is 14.3 Å². The maximum atomic E-state index is 11.9. The molecular formula is C14H14ClNO3S2. The lowest BCUT2D eigenvalue weighted by Gasteiger charge is -2.15. The minimum Gasteiger partial charge on any atom is -0.341 e. The maximum absolute atomic E-state index is 11.9. The zero-order valence-corrected chi connectivity index (χ0v) is 13.5. The molecule has 1 saturated heterocycles. The van der Waals surface area contributed by atoms with Gasteiger partial charge in [0.25, 0.3) is 0 Å². The molecule has 2 aromatic rings. The van der Waals surface area contributed by atoms with Crippen LogP contribution in [0.4, 0.5) is 0 Å². The van der Waals surface area contributed by atoms with E-state index in [0.29, 0.717) is 6.54 Å². The van der Waals surface area contributed by atoms with Crippen molar-refractivity contribution in [3.8, 4) is 0 Å². The van der Waals surface area contributed by atoms with E-state index in [9.17, 15) is 13.2 Å². The summed E-state index contributed by atoms with van der Waals surface area (Å²) in [5.41, 5.74) is 1.19. The lowest BCUT2D eigenvalue weighted by molar-refractivity contribution is -0.127. The first-order valence-corrected chi connectivity index (χ1v) is 9.87. The molecule has 0 saturated carbocycles. The fraction of sp³-hybridized carbons (Fsp3) is 0.357. The highest BCUT2D eigenvalue weighted by Crippen LogP contribution is 2.27. The molecule has 0 radical (unpaired) electrons. The number of carbonyl (C=O) groups excluding carboxylic acids is 1. The van der Waals surface area contributed by atoms with Crippen LogP contribution in [0.2, 0.25) is 0 Å². The van der Waals surface area contributed by atoms with Crippen LogP contribution in [0, 0.1) is 0 Å². The summed E-state index contributed by atoms with van der Waals surface area (Å²) >= 11 is 1.68. The highest BCUT2D eigenvalue weighted by atomic mass is 35.7. The van der Waals surface area contributed by atoms with E-state index in [1.54, 1.807) is 16.2 Å². The van der Waals surface area contributed by atoms with E-state index >= 15 is 0 Å². The highest BCUT2D eigenvalue weighted by molar-refractivity contribution is 8.14. The summed E-state index contributed by atoms with van der Waals surface area (Å²) < 4.78 is 23.9. The summed E-state index contributed by atoms with van der Waals surface area (Å²) in [7, 11) is 1.68. The van der Waals surface area contributed by atoms with Crippen LogP contribution in [-0.2, 0) is 20.3 Å². The van der Waals surface area contributed by atoms with Crippen LogP contribution in [0.15, 0.2) is 29.6 Å². The predicted octanol–water partition coefficient (Wildman–Crippen LogP) is 2.61. The Balaban J connectivity index is 1.70. The standard InChI is InChI=1S/C14H14ClNO3S2/c15-21(18,19)11-7-14(17)16(8-11)6-5-10-9-20-13-4-2-1-3-12(10)13/h1-4,9,11H,5-8H2. The molecule has 1 atom stereocenters. The number of likely N-dealkylation sites (tertiary alicyclic amines) is 1. The molecule has 1 fully saturated rings. The lowest BCUT2D eigenvalue weighted by Crippen LogP contribution is -2.29. The predicted molar refractivity (Wildman–Crippen MR) is 85.3 cm³/mol. The minimum atomic E-state index is -3.66. The number of benzene rings is 1. The quantitative estimate of drug-likeness (QED) is 0.802. The number of hydrogen-bond acceptors (Lipinski definition) is 4. The third-order valence-electron chi connectivity index (χ3n) is 3.79. The van der Waals surface area contributed by atoms with Gasteiger partial charge in [-0.3, -0.25) is 4.79 Å². The Bertz CT molecular complexity index is 784. The first-order chi connectivity index (χ1) is 9.95. The molecule has 0 spiro atoms. The number of rotatable bonds is 4. The number of nitrogens with zero attached hydrogens (tertiary/aromatic N) is 1. The first kappa shape index (κ1) is 14.8. The average molecular weight is 344 g/mol. The third kappa shape index (κ3) is 3.07. The Morgan fingerprint density at radius 2 is 2.10 bits per heavy atom. The average Bonchev–Trinajstić information content (AvgIpc) is 3.00. The van der Waals surface area contributed by atoms with Crippen molar-refractivity contribution in [3.63, 3.8) is 0 Å². The molecule has 1 aromatic heterocycles. The Morgan fingerprint density at radius 3 is 2.81 bits per heavy atom. The van der Waals surface area contributed by atoms with E-state index in [2.05, 4.69) is 17.5 Å². The van der Waals surface area contributed by atoms with Crippen molar-refractivity contribution in [2.24, 2.45) is 0 Å². The molecule has 21 heavy (non-hydrogen) atoms. The summed E-state index contributed by atoms with van der Waals surface area (Å²) in [5.74, 6) is -0.135. The molecule has 1 unspecified atom stereocenters. The Kier molecular flexibility index (Phi) is 3.94. The topological polar surface area (TPSA) is 54.5 Å². The second-order valence-corrected chi connectivity index (χ2v) is 8.97. The zero-order chi connectivity index (χ0) is 15.0. The molecule has 0 N–H and O–H groups in total. The van der Waals surface area contributed by atoms with Crippen LogP contribution in [0.3, 0.4) is 0 Å². The Morgan fingerprint density at radius 1 is 1.33 bits per heavy atom. The van der Waals surface area contributed by atoms with Gasteiger partial charge in [0.15, 0.2) is 0 Å². The summed E-state index contributed by atoms with van der Waals surface area (Å²) in [4.78, 5) is 13.5. The number of fused-ring (bicyclic) bond motifs is 1. The monoisotopic (exact) mass is 343 g/mol. The molecule has 2 heterocycles. The summed E-state index contributed by atoms with van der Waals surface area (Å²) in [5, 5.41) is 2.53. The Hall–Kier alpha value is -1.11. The van der Waals surface area contributed by atoms with Gasteiger partial charge < -0.3 is 4.90 Å². The zero-order valence-electron chi connectivity index (χ0n) is 11.2. The molecule has 3 rings (SSSR count). The second-order valence-electron chi connectivity index (χ2n) is 5.15. The van der Waals surface area contributed by atoms with Crippen molar-refractivity contribution in [1.29, 1.82) is 0 Å². The number of thiophene rings is 1. The molecule has 1 aliphatic rings. The van der Waals surface area contributed by atoms with Crippen molar-refractivity contribution in [3.05, 3.63) is 35.2 Å². The molecular weight excluding hydrogens is 330 g/mol. The number of carbonyl (C=O) groups is 1. The largest absolute Gasteiger partial charge is 0.341 e. The summed E-state index contributed by atoms with van der Waals surface area (Å²) in [6.07, 6.45) is 0.723. The van der Waals surface area contributed by atoms with Gasteiger partial charge in [-0.05, 0) is 28.8 Å². The van der Waals surface area contributed by atoms with E-state index in [1.165, 1.54) is 15.6 Å². The normalized spacial score (nSPS) is 19.6. The van der Waals surface area contributed by atoms with Gasteiger partial charge in [0, 0.05) is 34.9 Å². The van der Waals surface area contributed by atoms with Gasteiger partial charge in [-0.25, -0.2) is 8.42 Å². The van der Waals surface area contributed by atoms with Gasteiger partial charge >= 0.3 is 0 Å². The van der Waals surface area contributed by atoms with E-state index in [4.69, 9.17) is 10.7 Å². The highest BCUT2D eigenvalue weighted by Gasteiger charge is 2.36. The SMILES string of the molecule is O=C1CC(S(=O)(=O)Cl)CN1CCc1csc2ccccc12. The number of hydrogen-bond donors (Lipinski definition) is 0. The summed E-state index contributed by atoms with van der Waals surface area (Å²) in [6, 6.07) is 8.14. The van der Waals surface area contributed by atoms with Crippen LogP contribution in [0.25, 0.3) is 10.1 Å². The lowest BCUT2D eigenvalue weighted by atomic mass is 10.1. The summed E-state index contributed by atoms with van der Waals surface area (Å²) in [6.45, 7) is 0.731. The molecule has 0 aliphatic carbocycles. The van der Waals surface area contributed by atoms with Gasteiger partial charge in [0.1, 0.15) is 5.25 Å². The van der Waals surface area contributed by atoms with Crippen molar-refractivity contribution >= 4 is 47.1 Å². The van der Waals surface area contributed by atoms with Crippen LogP contribution < -0.4 is 0 Å². The smallest absolute Gasteiger partial charge is 0.237 e. The number of amides is 1. The first-order valence-electron chi connectivity index (χ1n) is 6.61. The van der Waals surface area contributed by atoms with Crippen molar-refractivity contribution < 1.29 is 13.2 Å². The van der Waals surface area contributed by atoms with Crippen LogP contribution in [0.1, 0.15) is 12.0 Å². The number of halogens is 1. The third-order valence-corrected chi connectivity index (χ3v) is 6.67. The van der Waals surface area contributed by atoms with Gasteiger partial charge in [0.05, 0.1) is 0 Å². The Labute approximate surface area is 131 Å². The minimum absolute atomic E-state index is 0.00375. The molecule has 0 bridgehead atoms. The van der Waals surface area contributed by atoms with E-state index in [-0.39, 0.29) is 18.9 Å². The van der Waals surface area contributed by atoms with Crippen LogP contribution in [0.5, 0.6) is 0 Å². The van der Waals surface area contributed by atoms with Crippen molar-refractivity contribution in [2.75, 3.05) is 13.1 Å². The van der Waals surface area contributed by atoms with Gasteiger partial charge in [0.2, 0.25) is 15.0 Å². The van der Waals surface area contributed by atoms with Crippen molar-refractivity contribution in [2.45, 2.75) is 18.1 Å².